The Bertz CT molecular complexity index is 431. The van der Waals surface area contributed by atoms with Crippen molar-refractivity contribution in [2.75, 3.05) is 7.11 Å². The van der Waals surface area contributed by atoms with E-state index >= 15 is 0 Å². The molecule has 0 heterocycles. The maximum atomic E-state index is 9.82. The molecule has 112 valence electrons. The molecule has 0 bridgehead atoms. The van der Waals surface area contributed by atoms with Gasteiger partial charge in [0.2, 0.25) is 0 Å². The second-order valence-corrected chi connectivity index (χ2v) is 6.19. The lowest BCUT2D eigenvalue weighted by molar-refractivity contribution is 0.204. The average Bonchev–Trinajstić information content (AvgIpc) is 2.45. The molecule has 1 fully saturated rings. The lowest BCUT2D eigenvalue weighted by Gasteiger charge is -2.35. The van der Waals surface area contributed by atoms with Gasteiger partial charge in [0.05, 0.1) is 7.11 Å². The molecule has 3 heteroatoms. The van der Waals surface area contributed by atoms with Crippen LogP contribution in [-0.4, -0.2) is 18.3 Å². The number of aromatic hydroxyl groups is 1. The van der Waals surface area contributed by atoms with Gasteiger partial charge in [-0.05, 0) is 42.4 Å². The van der Waals surface area contributed by atoms with E-state index < -0.39 is 0 Å². The van der Waals surface area contributed by atoms with Crippen LogP contribution in [0.3, 0.4) is 0 Å². The number of benzene rings is 1. The summed E-state index contributed by atoms with van der Waals surface area (Å²) in [6, 6.07) is 6.23. The number of rotatable bonds is 5. The van der Waals surface area contributed by atoms with Crippen molar-refractivity contribution >= 4 is 0 Å². The third-order valence-corrected chi connectivity index (χ3v) is 4.49. The Hall–Kier alpha value is -1.22. The highest BCUT2D eigenvalue weighted by Gasteiger charge is 2.26. The summed E-state index contributed by atoms with van der Waals surface area (Å²) in [6.45, 7) is 5.46. The van der Waals surface area contributed by atoms with Crippen LogP contribution in [0.15, 0.2) is 18.2 Å². The van der Waals surface area contributed by atoms with E-state index in [1.165, 1.54) is 25.7 Å². The van der Waals surface area contributed by atoms with Crippen molar-refractivity contribution < 1.29 is 9.84 Å². The highest BCUT2D eigenvalue weighted by atomic mass is 16.5. The van der Waals surface area contributed by atoms with Gasteiger partial charge in [0, 0.05) is 12.6 Å². The molecule has 0 radical (unpaired) electrons. The predicted molar refractivity (Wildman–Crippen MR) is 82.1 cm³/mol. The maximum Gasteiger partial charge on any atom is 0.160 e. The SMILES string of the molecule is COc1ccc(CNC2CCCCC2C(C)C)cc1O. The third kappa shape index (κ3) is 3.66. The summed E-state index contributed by atoms with van der Waals surface area (Å²) >= 11 is 0. The summed E-state index contributed by atoms with van der Waals surface area (Å²) in [5.41, 5.74) is 1.11. The molecule has 2 unspecified atom stereocenters. The minimum Gasteiger partial charge on any atom is -0.504 e. The number of nitrogens with one attached hydrogen (secondary N) is 1. The Morgan fingerprint density at radius 1 is 1.30 bits per heavy atom. The maximum absolute atomic E-state index is 9.82. The Balaban J connectivity index is 1.95. The van der Waals surface area contributed by atoms with Crippen LogP contribution >= 0.6 is 0 Å². The van der Waals surface area contributed by atoms with E-state index in [9.17, 15) is 5.11 Å². The Kier molecular flexibility index (Phi) is 5.30. The molecule has 0 saturated heterocycles. The molecule has 2 N–H and O–H groups in total. The largest absolute Gasteiger partial charge is 0.504 e. The molecule has 0 spiro atoms. The second-order valence-electron chi connectivity index (χ2n) is 6.19. The molecule has 0 amide bonds. The van der Waals surface area contributed by atoms with Gasteiger partial charge in [-0.25, -0.2) is 0 Å². The smallest absolute Gasteiger partial charge is 0.160 e. The van der Waals surface area contributed by atoms with Crippen LogP contribution in [-0.2, 0) is 6.54 Å². The summed E-state index contributed by atoms with van der Waals surface area (Å²) < 4.78 is 5.07. The van der Waals surface area contributed by atoms with Gasteiger partial charge in [0.15, 0.2) is 11.5 Å². The van der Waals surface area contributed by atoms with Crippen LogP contribution < -0.4 is 10.1 Å². The zero-order valence-corrected chi connectivity index (χ0v) is 12.9. The monoisotopic (exact) mass is 277 g/mol. The summed E-state index contributed by atoms with van der Waals surface area (Å²) in [6.07, 6.45) is 5.30. The van der Waals surface area contributed by atoms with Crippen LogP contribution in [0.5, 0.6) is 11.5 Å². The standard InChI is InChI=1S/C17H27NO2/c1-12(2)14-6-4-5-7-15(14)18-11-13-8-9-17(20-3)16(19)10-13/h8-10,12,14-15,18-19H,4-7,11H2,1-3H3. The molecule has 0 aromatic heterocycles. The second kappa shape index (κ2) is 6.98. The van der Waals surface area contributed by atoms with Crippen LogP contribution in [0.1, 0.15) is 45.1 Å². The predicted octanol–water partition coefficient (Wildman–Crippen LogP) is 3.71. The molecule has 2 rings (SSSR count). The summed E-state index contributed by atoms with van der Waals surface area (Å²) in [7, 11) is 1.57. The average molecular weight is 277 g/mol. The zero-order chi connectivity index (χ0) is 14.5. The van der Waals surface area contributed by atoms with Crippen molar-refractivity contribution in [2.45, 2.75) is 52.1 Å². The fraction of sp³-hybridized carbons (Fsp3) is 0.647. The molecule has 2 atom stereocenters. The number of ether oxygens (including phenoxy) is 1. The molecule has 3 nitrogen and oxygen atoms in total. The quantitative estimate of drug-likeness (QED) is 0.862. The van der Waals surface area contributed by atoms with E-state index in [1.54, 1.807) is 13.2 Å². The zero-order valence-electron chi connectivity index (χ0n) is 12.9. The summed E-state index contributed by atoms with van der Waals surface area (Å²) in [4.78, 5) is 0. The third-order valence-electron chi connectivity index (χ3n) is 4.49. The van der Waals surface area contributed by atoms with E-state index in [1.807, 2.05) is 12.1 Å². The Morgan fingerprint density at radius 3 is 2.70 bits per heavy atom. The van der Waals surface area contributed by atoms with Gasteiger partial charge in [0.25, 0.3) is 0 Å². The Labute approximate surface area is 122 Å². The molecular formula is C17H27NO2. The number of hydrogen-bond acceptors (Lipinski definition) is 3. The van der Waals surface area contributed by atoms with E-state index in [-0.39, 0.29) is 5.75 Å². The first-order valence-corrected chi connectivity index (χ1v) is 7.71. The lowest BCUT2D eigenvalue weighted by atomic mass is 9.78. The highest BCUT2D eigenvalue weighted by molar-refractivity contribution is 5.41. The van der Waals surface area contributed by atoms with Gasteiger partial charge >= 0.3 is 0 Å². The van der Waals surface area contributed by atoms with Crippen LogP contribution in [0.2, 0.25) is 0 Å². The van der Waals surface area contributed by atoms with Crippen molar-refractivity contribution in [3.63, 3.8) is 0 Å². The minimum absolute atomic E-state index is 0.218. The molecule has 0 aliphatic heterocycles. The van der Waals surface area contributed by atoms with Crippen molar-refractivity contribution in [2.24, 2.45) is 11.8 Å². The molecule has 1 aromatic carbocycles. The molecule has 1 saturated carbocycles. The summed E-state index contributed by atoms with van der Waals surface area (Å²) in [5.74, 6) is 2.26. The molecule has 1 aliphatic carbocycles. The molecular weight excluding hydrogens is 250 g/mol. The van der Waals surface area contributed by atoms with Gasteiger partial charge in [0.1, 0.15) is 0 Å². The number of phenols is 1. The topological polar surface area (TPSA) is 41.5 Å². The van der Waals surface area contributed by atoms with Gasteiger partial charge in [-0.3, -0.25) is 0 Å². The first-order chi connectivity index (χ1) is 9.61. The van der Waals surface area contributed by atoms with Gasteiger partial charge in [-0.15, -0.1) is 0 Å². The fourth-order valence-corrected chi connectivity index (χ4v) is 3.31. The summed E-state index contributed by atoms with van der Waals surface area (Å²) in [5, 5.41) is 13.5. The first kappa shape index (κ1) is 15.2. The molecule has 1 aromatic rings. The first-order valence-electron chi connectivity index (χ1n) is 7.71. The van der Waals surface area contributed by atoms with Crippen LogP contribution in [0.25, 0.3) is 0 Å². The van der Waals surface area contributed by atoms with E-state index in [0.29, 0.717) is 11.8 Å². The van der Waals surface area contributed by atoms with E-state index in [4.69, 9.17) is 4.74 Å². The van der Waals surface area contributed by atoms with Crippen molar-refractivity contribution in [1.82, 2.24) is 5.32 Å². The molecule has 20 heavy (non-hydrogen) atoms. The van der Waals surface area contributed by atoms with Crippen molar-refractivity contribution in [3.8, 4) is 11.5 Å². The lowest BCUT2D eigenvalue weighted by Crippen LogP contribution is -2.40. The fourth-order valence-electron chi connectivity index (χ4n) is 3.31. The highest BCUT2D eigenvalue weighted by Crippen LogP contribution is 2.31. The van der Waals surface area contributed by atoms with Gasteiger partial charge in [-0.1, -0.05) is 32.8 Å². The van der Waals surface area contributed by atoms with Crippen LogP contribution in [0.4, 0.5) is 0 Å². The van der Waals surface area contributed by atoms with Gasteiger partial charge in [-0.2, -0.15) is 0 Å². The van der Waals surface area contributed by atoms with Crippen molar-refractivity contribution in [1.29, 1.82) is 0 Å². The number of hydrogen-bond donors (Lipinski definition) is 2. The Morgan fingerprint density at radius 2 is 2.05 bits per heavy atom. The van der Waals surface area contributed by atoms with Gasteiger partial charge < -0.3 is 15.2 Å². The van der Waals surface area contributed by atoms with Crippen LogP contribution in [0, 0.1) is 11.8 Å². The number of methoxy groups -OCH3 is 1. The minimum atomic E-state index is 0.218. The van der Waals surface area contributed by atoms with Crippen molar-refractivity contribution in [3.05, 3.63) is 23.8 Å². The van der Waals surface area contributed by atoms with E-state index in [2.05, 4.69) is 19.2 Å². The van der Waals surface area contributed by atoms with E-state index in [0.717, 1.165) is 23.9 Å². The molecule has 1 aliphatic rings. The number of phenolic OH excluding ortho intramolecular Hbond substituents is 1. The normalized spacial score (nSPS) is 23.0.